The van der Waals surface area contributed by atoms with E-state index in [2.05, 4.69) is 26.1 Å². The molecule has 0 unspecified atom stereocenters. The van der Waals surface area contributed by atoms with Gasteiger partial charge in [-0.1, -0.05) is 17.7 Å². The summed E-state index contributed by atoms with van der Waals surface area (Å²) in [5, 5.41) is 4.64. The molecule has 0 spiro atoms. The van der Waals surface area contributed by atoms with Crippen molar-refractivity contribution in [2.24, 2.45) is 0 Å². The summed E-state index contributed by atoms with van der Waals surface area (Å²) in [6.07, 6.45) is 1.61. The number of halogens is 2. The van der Waals surface area contributed by atoms with E-state index in [4.69, 9.17) is 11.6 Å². The third-order valence-electron chi connectivity index (χ3n) is 4.55. The average molecular weight is 455 g/mol. The molecular formula is C18H17BrClN3O2S. The zero-order valence-electron chi connectivity index (χ0n) is 13.8. The minimum atomic E-state index is -3.74. The summed E-state index contributed by atoms with van der Waals surface area (Å²) in [7, 11) is -3.74. The molecular weight excluding hydrogens is 438 g/mol. The Morgan fingerprint density at radius 3 is 2.58 bits per heavy atom. The highest BCUT2D eigenvalue weighted by molar-refractivity contribution is 9.10. The number of hydrogen-bond donors (Lipinski definition) is 1. The Kier molecular flexibility index (Phi) is 4.73. The van der Waals surface area contributed by atoms with Crippen LogP contribution in [0.2, 0.25) is 5.02 Å². The molecule has 1 N–H and O–H groups in total. The van der Waals surface area contributed by atoms with E-state index in [1.807, 2.05) is 18.2 Å². The lowest BCUT2D eigenvalue weighted by atomic mass is 10.2. The number of benzene rings is 2. The van der Waals surface area contributed by atoms with Crippen LogP contribution in [0.1, 0.15) is 0 Å². The molecule has 26 heavy (non-hydrogen) atoms. The van der Waals surface area contributed by atoms with Crippen molar-refractivity contribution in [1.82, 2.24) is 9.29 Å². The Morgan fingerprint density at radius 2 is 1.85 bits per heavy atom. The Morgan fingerprint density at radius 1 is 1.08 bits per heavy atom. The number of piperazine rings is 1. The van der Waals surface area contributed by atoms with Gasteiger partial charge >= 0.3 is 0 Å². The molecule has 3 aromatic rings. The van der Waals surface area contributed by atoms with Gasteiger partial charge in [0.2, 0.25) is 0 Å². The van der Waals surface area contributed by atoms with Crippen LogP contribution in [-0.4, -0.2) is 38.6 Å². The first-order valence-corrected chi connectivity index (χ1v) is 10.9. The van der Waals surface area contributed by atoms with Crippen LogP contribution in [0.3, 0.4) is 0 Å². The highest BCUT2D eigenvalue weighted by atomic mass is 79.9. The third-order valence-corrected chi connectivity index (χ3v) is 7.10. The molecule has 1 saturated heterocycles. The van der Waals surface area contributed by atoms with Gasteiger partial charge in [-0.3, -0.25) is 0 Å². The van der Waals surface area contributed by atoms with Crippen molar-refractivity contribution in [3.05, 3.63) is 58.2 Å². The van der Waals surface area contributed by atoms with Gasteiger partial charge in [0.1, 0.15) is 0 Å². The molecule has 0 amide bonds. The van der Waals surface area contributed by atoms with Crippen molar-refractivity contribution in [2.75, 3.05) is 31.1 Å². The zero-order valence-corrected chi connectivity index (χ0v) is 17.0. The lowest BCUT2D eigenvalue weighted by Crippen LogP contribution is -2.43. The van der Waals surface area contributed by atoms with Crippen molar-refractivity contribution in [3.63, 3.8) is 0 Å². The molecule has 4 rings (SSSR count). The normalized spacial score (nSPS) is 15.5. The van der Waals surface area contributed by atoms with Crippen LogP contribution < -0.4 is 10.2 Å². The van der Waals surface area contributed by atoms with E-state index in [1.165, 1.54) is 10.0 Å². The van der Waals surface area contributed by atoms with E-state index >= 15 is 0 Å². The van der Waals surface area contributed by atoms with E-state index in [9.17, 15) is 8.42 Å². The number of aromatic nitrogens is 1. The summed E-state index contributed by atoms with van der Waals surface area (Å²) in [4.78, 5) is 2.45. The topological polar surface area (TPSA) is 54.3 Å². The monoisotopic (exact) mass is 453 g/mol. The first-order chi connectivity index (χ1) is 12.5. The van der Waals surface area contributed by atoms with Gasteiger partial charge in [-0.05, 0) is 52.3 Å². The first-order valence-electron chi connectivity index (χ1n) is 8.25. The zero-order chi connectivity index (χ0) is 18.3. The summed E-state index contributed by atoms with van der Waals surface area (Å²) in [6.45, 7) is 3.62. The van der Waals surface area contributed by atoms with Gasteiger partial charge in [0.25, 0.3) is 10.0 Å². The van der Waals surface area contributed by atoms with Crippen LogP contribution in [-0.2, 0) is 10.0 Å². The van der Waals surface area contributed by atoms with Crippen LogP contribution in [0, 0.1) is 0 Å². The quantitative estimate of drug-likeness (QED) is 0.655. The average Bonchev–Trinajstić information content (AvgIpc) is 3.10. The largest absolute Gasteiger partial charge is 0.368 e. The summed E-state index contributed by atoms with van der Waals surface area (Å²) >= 11 is 9.52. The van der Waals surface area contributed by atoms with Crippen molar-refractivity contribution < 1.29 is 8.42 Å². The summed E-state index contributed by atoms with van der Waals surface area (Å²) in [6, 6.07) is 12.1. The van der Waals surface area contributed by atoms with Gasteiger partial charge in [0.05, 0.1) is 10.4 Å². The molecule has 0 aliphatic carbocycles. The van der Waals surface area contributed by atoms with Crippen LogP contribution in [0.4, 0.5) is 5.69 Å². The van der Waals surface area contributed by atoms with E-state index < -0.39 is 10.0 Å². The molecule has 0 radical (unpaired) electrons. The Bertz CT molecular complexity index is 1080. The van der Waals surface area contributed by atoms with Crippen LogP contribution in [0.15, 0.2) is 58.0 Å². The van der Waals surface area contributed by atoms with E-state index in [-0.39, 0.29) is 4.90 Å². The molecule has 8 heteroatoms. The second-order valence-corrected chi connectivity index (χ2v) is 9.25. The molecule has 2 aromatic carbocycles. The maximum Gasteiger partial charge on any atom is 0.268 e. The number of hydrogen-bond acceptors (Lipinski definition) is 4. The summed E-state index contributed by atoms with van der Waals surface area (Å²) < 4.78 is 28.4. The fraction of sp³-hybridized carbons (Fsp3) is 0.222. The molecule has 0 bridgehead atoms. The molecule has 1 fully saturated rings. The smallest absolute Gasteiger partial charge is 0.268 e. The van der Waals surface area contributed by atoms with Crippen molar-refractivity contribution >= 4 is 54.1 Å². The lowest BCUT2D eigenvalue weighted by molar-refractivity contribution is 0.588. The molecule has 0 atom stereocenters. The minimum Gasteiger partial charge on any atom is -0.368 e. The second kappa shape index (κ2) is 6.88. The van der Waals surface area contributed by atoms with Gasteiger partial charge < -0.3 is 10.2 Å². The Labute approximate surface area is 165 Å². The number of rotatable bonds is 3. The number of nitrogens with zero attached hydrogens (tertiary/aromatic N) is 2. The van der Waals surface area contributed by atoms with Crippen molar-refractivity contribution in [3.8, 4) is 0 Å². The Hall–Kier alpha value is -1.54. The van der Waals surface area contributed by atoms with Crippen molar-refractivity contribution in [2.45, 2.75) is 4.90 Å². The number of anilines is 1. The van der Waals surface area contributed by atoms with Gasteiger partial charge in [-0.15, -0.1) is 0 Å². The standard InChI is InChI=1S/C18H17BrClN3O2S/c19-16-4-5-17(22-10-7-21-8-11-22)15-6-9-23(18(15)16)26(24,25)14-3-1-2-13(20)12-14/h1-6,9,12,21H,7-8,10-11H2. The number of fused-ring (bicyclic) bond motifs is 1. The minimum absolute atomic E-state index is 0.168. The van der Waals surface area contributed by atoms with E-state index in [0.29, 0.717) is 10.5 Å². The van der Waals surface area contributed by atoms with Crippen LogP contribution in [0.25, 0.3) is 10.9 Å². The van der Waals surface area contributed by atoms with Crippen molar-refractivity contribution in [1.29, 1.82) is 0 Å². The van der Waals surface area contributed by atoms with Gasteiger partial charge in [0, 0.05) is 52.9 Å². The molecule has 1 aromatic heterocycles. The highest BCUT2D eigenvalue weighted by Crippen LogP contribution is 2.35. The van der Waals surface area contributed by atoms with E-state index in [1.54, 1.807) is 24.4 Å². The fourth-order valence-corrected chi connectivity index (χ4v) is 5.62. The molecule has 0 saturated carbocycles. The molecule has 2 heterocycles. The fourth-order valence-electron chi connectivity index (χ4n) is 3.30. The van der Waals surface area contributed by atoms with Gasteiger partial charge in [0.15, 0.2) is 0 Å². The maximum absolute atomic E-state index is 13.2. The molecule has 1 aliphatic rings. The SMILES string of the molecule is O=S(=O)(c1cccc(Cl)c1)n1ccc2c(N3CCNCC3)ccc(Br)c21. The summed E-state index contributed by atoms with van der Waals surface area (Å²) in [5.41, 5.74) is 1.69. The van der Waals surface area contributed by atoms with Gasteiger partial charge in [-0.25, -0.2) is 12.4 Å². The first kappa shape index (κ1) is 17.9. The predicted octanol–water partition coefficient (Wildman–Crippen LogP) is 3.70. The van der Waals surface area contributed by atoms with Crippen LogP contribution >= 0.6 is 27.5 Å². The Balaban J connectivity index is 1.89. The third kappa shape index (κ3) is 3.03. The van der Waals surface area contributed by atoms with Gasteiger partial charge in [-0.2, -0.15) is 0 Å². The van der Waals surface area contributed by atoms with Crippen LogP contribution in [0.5, 0.6) is 0 Å². The van der Waals surface area contributed by atoms with E-state index in [0.717, 1.165) is 41.7 Å². The maximum atomic E-state index is 13.2. The highest BCUT2D eigenvalue weighted by Gasteiger charge is 2.23. The molecule has 1 aliphatic heterocycles. The second-order valence-electron chi connectivity index (χ2n) is 6.14. The predicted molar refractivity (Wildman–Crippen MR) is 109 cm³/mol. The molecule has 5 nitrogen and oxygen atoms in total. The lowest BCUT2D eigenvalue weighted by Gasteiger charge is -2.30. The summed E-state index contributed by atoms with van der Waals surface area (Å²) in [5.74, 6) is 0. The number of nitrogens with one attached hydrogen (secondary N) is 1. The molecule has 136 valence electrons.